The fourth-order valence-corrected chi connectivity index (χ4v) is 3.45. The second-order valence-electron chi connectivity index (χ2n) is 7.72. The number of unbranched alkanes of at least 4 members (excludes halogenated alkanes) is 12. The second kappa shape index (κ2) is 20.6. The van der Waals surface area contributed by atoms with E-state index in [2.05, 4.69) is 28.9 Å². The highest BCUT2D eigenvalue weighted by molar-refractivity contribution is 7.46. The Kier molecular flexibility index (Phi) is 20.1. The molecular formula is C22H44NO5P. The molecule has 0 atom stereocenters. The highest BCUT2D eigenvalue weighted by Gasteiger charge is 2.12. The molecule has 0 spiro atoms. The van der Waals surface area contributed by atoms with Crippen LogP contribution in [0.4, 0.5) is 0 Å². The molecule has 0 aliphatic rings. The molecule has 3 N–H and O–H groups in total. The summed E-state index contributed by atoms with van der Waals surface area (Å²) < 4.78 is 14.8. The smallest absolute Gasteiger partial charge is 0.356 e. The van der Waals surface area contributed by atoms with Crippen LogP contribution in [-0.4, -0.2) is 28.8 Å². The molecule has 0 saturated carbocycles. The number of hydrogen-bond acceptors (Lipinski definition) is 3. The predicted molar refractivity (Wildman–Crippen MR) is 120 cm³/mol. The first-order chi connectivity index (χ1) is 14.0. The van der Waals surface area contributed by atoms with Gasteiger partial charge < -0.3 is 15.1 Å². The van der Waals surface area contributed by atoms with Crippen LogP contribution in [0.3, 0.4) is 0 Å². The molecule has 0 rings (SSSR count). The summed E-state index contributed by atoms with van der Waals surface area (Å²) >= 11 is 0. The molecule has 0 aromatic rings. The van der Waals surface area contributed by atoms with E-state index in [1.165, 1.54) is 70.6 Å². The van der Waals surface area contributed by atoms with Gasteiger partial charge in [-0.25, -0.2) is 4.57 Å². The lowest BCUT2D eigenvalue weighted by atomic mass is 10.1. The van der Waals surface area contributed by atoms with Gasteiger partial charge >= 0.3 is 7.82 Å². The molecule has 29 heavy (non-hydrogen) atoms. The van der Waals surface area contributed by atoms with E-state index < -0.39 is 7.82 Å². The van der Waals surface area contributed by atoms with Gasteiger partial charge in [-0.3, -0.25) is 9.32 Å². The van der Waals surface area contributed by atoms with Crippen molar-refractivity contribution in [3.8, 4) is 0 Å². The van der Waals surface area contributed by atoms with Crippen molar-refractivity contribution in [1.82, 2.24) is 5.32 Å². The summed E-state index contributed by atoms with van der Waals surface area (Å²) in [5.41, 5.74) is 0. The molecular weight excluding hydrogens is 389 g/mol. The maximum Gasteiger partial charge on any atom is 0.469 e. The summed E-state index contributed by atoms with van der Waals surface area (Å²) in [6.07, 6.45) is 22.6. The van der Waals surface area contributed by atoms with E-state index in [1.807, 2.05) is 0 Å². The Morgan fingerprint density at radius 2 is 1.38 bits per heavy atom. The topological polar surface area (TPSA) is 95.9 Å². The van der Waals surface area contributed by atoms with Gasteiger partial charge in [0.1, 0.15) is 0 Å². The molecule has 0 aliphatic carbocycles. The summed E-state index contributed by atoms with van der Waals surface area (Å²) in [4.78, 5) is 28.8. The molecule has 0 saturated heterocycles. The fraction of sp³-hybridized carbons (Fsp3) is 0.864. The number of hydrogen-bond donors (Lipinski definition) is 3. The summed E-state index contributed by atoms with van der Waals surface area (Å²) in [5, 5.41) is 2.83. The van der Waals surface area contributed by atoms with Crippen molar-refractivity contribution in [2.24, 2.45) is 0 Å². The molecule has 7 heteroatoms. The Morgan fingerprint density at radius 3 is 1.97 bits per heavy atom. The largest absolute Gasteiger partial charge is 0.469 e. The van der Waals surface area contributed by atoms with E-state index in [-0.39, 0.29) is 12.5 Å². The van der Waals surface area contributed by atoms with E-state index in [1.54, 1.807) is 0 Å². The van der Waals surface area contributed by atoms with E-state index in [9.17, 15) is 9.36 Å². The van der Waals surface area contributed by atoms with Crippen LogP contribution in [0.5, 0.6) is 0 Å². The van der Waals surface area contributed by atoms with Crippen LogP contribution in [-0.2, 0) is 13.9 Å². The molecule has 0 aromatic carbocycles. The Labute approximate surface area is 178 Å². The molecule has 0 aliphatic heterocycles. The van der Waals surface area contributed by atoms with Crippen molar-refractivity contribution < 1.29 is 23.7 Å². The molecule has 0 bridgehead atoms. The Hall–Kier alpha value is -0.680. The molecule has 0 aromatic heterocycles. The first-order valence-electron chi connectivity index (χ1n) is 11.6. The molecule has 1 amide bonds. The molecule has 172 valence electrons. The van der Waals surface area contributed by atoms with Crippen LogP contribution in [0.15, 0.2) is 12.2 Å². The van der Waals surface area contributed by atoms with Gasteiger partial charge in [-0.1, -0.05) is 70.4 Å². The van der Waals surface area contributed by atoms with Crippen LogP contribution in [0, 0.1) is 0 Å². The van der Waals surface area contributed by atoms with Gasteiger partial charge in [-0.2, -0.15) is 0 Å². The van der Waals surface area contributed by atoms with Gasteiger partial charge in [0.2, 0.25) is 5.91 Å². The normalized spacial score (nSPS) is 12.0. The lowest BCUT2D eigenvalue weighted by molar-refractivity contribution is -0.121. The molecule has 6 nitrogen and oxygen atoms in total. The first-order valence-corrected chi connectivity index (χ1v) is 13.1. The fourth-order valence-electron chi connectivity index (χ4n) is 3.08. The number of carbonyl (C=O) groups is 1. The van der Waals surface area contributed by atoms with Gasteiger partial charge in [0.25, 0.3) is 0 Å². The van der Waals surface area contributed by atoms with Crippen molar-refractivity contribution in [1.29, 1.82) is 0 Å². The lowest BCUT2D eigenvalue weighted by Gasteiger charge is -2.06. The maximum atomic E-state index is 11.7. The average molecular weight is 434 g/mol. The van der Waals surface area contributed by atoms with E-state index >= 15 is 0 Å². The van der Waals surface area contributed by atoms with Crippen molar-refractivity contribution in [2.75, 3.05) is 13.2 Å². The summed E-state index contributed by atoms with van der Waals surface area (Å²) in [5.74, 6) is 0.0542. The maximum absolute atomic E-state index is 11.7. The van der Waals surface area contributed by atoms with Crippen molar-refractivity contribution >= 4 is 13.7 Å². The van der Waals surface area contributed by atoms with Gasteiger partial charge in [0.15, 0.2) is 0 Å². The van der Waals surface area contributed by atoms with Crippen molar-refractivity contribution in [3.63, 3.8) is 0 Å². The number of phosphoric ester groups is 1. The molecule has 0 radical (unpaired) electrons. The monoisotopic (exact) mass is 433 g/mol. The molecule has 0 fully saturated rings. The third-order valence-corrected chi connectivity index (χ3v) is 5.34. The first kappa shape index (κ1) is 28.3. The highest BCUT2D eigenvalue weighted by Crippen LogP contribution is 2.35. The molecule has 0 unspecified atom stereocenters. The highest BCUT2D eigenvalue weighted by atomic mass is 31.2. The number of allylic oxidation sites excluding steroid dienone is 2. The Bertz CT molecular complexity index is 450. The number of carbonyl (C=O) groups excluding carboxylic acids is 1. The third kappa shape index (κ3) is 25.3. The van der Waals surface area contributed by atoms with Crippen LogP contribution < -0.4 is 5.32 Å². The summed E-state index contributed by atoms with van der Waals surface area (Å²) in [6, 6.07) is 0. The third-order valence-electron chi connectivity index (χ3n) is 4.82. The van der Waals surface area contributed by atoms with Crippen LogP contribution in [0.2, 0.25) is 0 Å². The summed E-state index contributed by atoms with van der Waals surface area (Å²) in [7, 11) is -4.36. The number of phosphoric acid groups is 1. The van der Waals surface area contributed by atoms with Gasteiger partial charge in [-0.05, 0) is 44.9 Å². The minimum atomic E-state index is -4.36. The Balaban J connectivity index is 3.26. The standard InChI is InChI=1S/C22H44NO5P/c1-2-3-4-5-6-7-8-9-10-11-12-13-14-15-16-19-22(24)23-20-17-18-21-28-29(25,26)27/h9-10H,2-8,11-21H2,1H3,(H,23,24)(H2,25,26,27)/b10-9-. The van der Waals surface area contributed by atoms with E-state index in [0.29, 0.717) is 25.8 Å². The van der Waals surface area contributed by atoms with Gasteiger partial charge in [-0.15, -0.1) is 0 Å². The summed E-state index contributed by atoms with van der Waals surface area (Å²) in [6.45, 7) is 2.78. The average Bonchev–Trinajstić information content (AvgIpc) is 2.66. The van der Waals surface area contributed by atoms with Crippen LogP contribution >= 0.6 is 7.82 Å². The second-order valence-corrected chi connectivity index (χ2v) is 8.95. The van der Waals surface area contributed by atoms with Crippen molar-refractivity contribution in [3.05, 3.63) is 12.2 Å². The minimum Gasteiger partial charge on any atom is -0.356 e. The van der Waals surface area contributed by atoms with E-state index in [4.69, 9.17) is 9.79 Å². The lowest BCUT2D eigenvalue weighted by Crippen LogP contribution is -2.24. The Morgan fingerprint density at radius 1 is 0.828 bits per heavy atom. The van der Waals surface area contributed by atoms with Gasteiger partial charge in [0.05, 0.1) is 6.61 Å². The van der Waals surface area contributed by atoms with Gasteiger partial charge in [0, 0.05) is 13.0 Å². The van der Waals surface area contributed by atoms with Crippen molar-refractivity contribution in [2.45, 2.75) is 110 Å². The number of nitrogens with one attached hydrogen (secondary N) is 1. The van der Waals surface area contributed by atoms with Crippen LogP contribution in [0.1, 0.15) is 110 Å². The SMILES string of the molecule is CCCCCCCC/C=C\CCCCCCCC(=O)NCCCCOP(=O)(O)O. The van der Waals surface area contributed by atoms with Crippen LogP contribution in [0.25, 0.3) is 0 Å². The predicted octanol–water partition coefficient (Wildman–Crippen LogP) is 6.03. The number of amides is 1. The minimum absolute atomic E-state index is 0.00832. The zero-order valence-electron chi connectivity index (χ0n) is 18.4. The zero-order chi connectivity index (χ0) is 21.6. The number of rotatable bonds is 21. The zero-order valence-corrected chi connectivity index (χ0v) is 19.3. The van der Waals surface area contributed by atoms with E-state index in [0.717, 1.165) is 12.8 Å². The quantitative estimate of drug-likeness (QED) is 0.117. The molecule has 0 heterocycles.